The van der Waals surface area contributed by atoms with Gasteiger partial charge in [0.25, 0.3) is 0 Å². The van der Waals surface area contributed by atoms with Crippen LogP contribution < -0.4 is 5.32 Å². The molecule has 2 atom stereocenters. The van der Waals surface area contributed by atoms with Crippen molar-refractivity contribution in [3.8, 4) is 0 Å². The van der Waals surface area contributed by atoms with Crippen LogP contribution in [0.5, 0.6) is 0 Å². The van der Waals surface area contributed by atoms with E-state index in [4.69, 9.17) is 5.11 Å². The lowest BCUT2D eigenvalue weighted by Gasteiger charge is -2.25. The van der Waals surface area contributed by atoms with E-state index in [2.05, 4.69) is 19.2 Å². The molecule has 1 heterocycles. The van der Waals surface area contributed by atoms with Gasteiger partial charge in [-0.15, -0.1) is 11.8 Å². The summed E-state index contributed by atoms with van der Waals surface area (Å²) in [5.74, 6) is 0.00452. The van der Waals surface area contributed by atoms with Crippen molar-refractivity contribution in [3.63, 3.8) is 0 Å². The SMILES string of the molecule is CC1(C)CCC2(C1)NC(C(=O)O)CS2. The van der Waals surface area contributed by atoms with Crippen molar-refractivity contribution in [1.82, 2.24) is 5.32 Å². The molecule has 80 valence electrons. The first-order chi connectivity index (χ1) is 6.43. The summed E-state index contributed by atoms with van der Waals surface area (Å²) in [5.41, 5.74) is 0.368. The smallest absolute Gasteiger partial charge is 0.321 e. The molecule has 4 heteroatoms. The van der Waals surface area contributed by atoms with E-state index < -0.39 is 5.97 Å². The van der Waals surface area contributed by atoms with Crippen LogP contribution in [0, 0.1) is 5.41 Å². The highest BCUT2D eigenvalue weighted by Crippen LogP contribution is 2.51. The second-order valence-corrected chi connectivity index (χ2v) is 6.58. The zero-order valence-electron chi connectivity index (χ0n) is 8.67. The van der Waals surface area contributed by atoms with Crippen molar-refractivity contribution in [2.45, 2.75) is 44.0 Å². The molecule has 1 aliphatic heterocycles. The van der Waals surface area contributed by atoms with Crippen molar-refractivity contribution < 1.29 is 9.90 Å². The van der Waals surface area contributed by atoms with Crippen LogP contribution in [0.2, 0.25) is 0 Å². The van der Waals surface area contributed by atoms with Crippen LogP contribution in [0.25, 0.3) is 0 Å². The third kappa shape index (κ3) is 1.77. The minimum Gasteiger partial charge on any atom is -0.480 e. The van der Waals surface area contributed by atoms with Crippen LogP contribution in [0.15, 0.2) is 0 Å². The molecule has 1 saturated carbocycles. The predicted octanol–water partition coefficient (Wildman–Crippen LogP) is 1.68. The number of hydrogen-bond donors (Lipinski definition) is 2. The molecule has 2 fully saturated rings. The van der Waals surface area contributed by atoms with Gasteiger partial charge in [0.05, 0.1) is 4.87 Å². The first kappa shape index (κ1) is 10.3. The Labute approximate surface area is 88.6 Å². The summed E-state index contributed by atoms with van der Waals surface area (Å²) in [5, 5.41) is 12.2. The molecule has 2 aliphatic rings. The number of carboxylic acids is 1. The van der Waals surface area contributed by atoms with Gasteiger partial charge in [-0.2, -0.15) is 0 Å². The van der Waals surface area contributed by atoms with Crippen molar-refractivity contribution in [2.75, 3.05) is 5.75 Å². The van der Waals surface area contributed by atoms with Gasteiger partial charge >= 0.3 is 5.97 Å². The van der Waals surface area contributed by atoms with Gasteiger partial charge in [-0.25, -0.2) is 0 Å². The second-order valence-electron chi connectivity index (χ2n) is 5.18. The van der Waals surface area contributed by atoms with Gasteiger partial charge in [0.2, 0.25) is 0 Å². The number of hydrogen-bond acceptors (Lipinski definition) is 3. The van der Waals surface area contributed by atoms with Crippen molar-refractivity contribution >= 4 is 17.7 Å². The summed E-state index contributed by atoms with van der Waals surface area (Å²) in [6, 6.07) is -0.339. The van der Waals surface area contributed by atoms with Crippen LogP contribution in [-0.2, 0) is 4.79 Å². The Morgan fingerprint density at radius 3 is 2.64 bits per heavy atom. The van der Waals surface area contributed by atoms with Crippen LogP contribution >= 0.6 is 11.8 Å². The Kier molecular flexibility index (Phi) is 2.31. The highest BCUT2D eigenvalue weighted by Gasteiger charge is 2.49. The van der Waals surface area contributed by atoms with Gasteiger partial charge in [-0.05, 0) is 24.7 Å². The fourth-order valence-corrected chi connectivity index (χ4v) is 4.19. The number of nitrogens with one attached hydrogen (secondary N) is 1. The normalized spacial score (nSPS) is 40.6. The van der Waals surface area contributed by atoms with Gasteiger partial charge in [-0.3, -0.25) is 10.1 Å². The first-order valence-corrected chi connectivity index (χ1v) is 6.06. The maximum Gasteiger partial charge on any atom is 0.321 e. The number of aliphatic carboxylic acids is 1. The highest BCUT2D eigenvalue weighted by molar-refractivity contribution is 8.01. The Balaban J connectivity index is 2.04. The summed E-state index contributed by atoms with van der Waals surface area (Å²) >= 11 is 1.80. The molecule has 0 bridgehead atoms. The maximum absolute atomic E-state index is 10.8. The van der Waals surface area contributed by atoms with Crippen LogP contribution in [0.3, 0.4) is 0 Å². The summed E-state index contributed by atoms with van der Waals surface area (Å²) in [4.78, 5) is 10.9. The number of thioether (sulfide) groups is 1. The van der Waals surface area contributed by atoms with Gasteiger partial charge < -0.3 is 5.11 Å². The average molecular weight is 215 g/mol. The molecular formula is C10H17NO2S. The molecule has 0 amide bonds. The zero-order valence-corrected chi connectivity index (χ0v) is 9.49. The first-order valence-electron chi connectivity index (χ1n) is 5.07. The summed E-state index contributed by atoms with van der Waals surface area (Å²) < 4.78 is 0. The fraction of sp³-hybridized carbons (Fsp3) is 0.900. The molecule has 1 aliphatic carbocycles. The van der Waals surface area contributed by atoms with Crippen LogP contribution in [-0.4, -0.2) is 27.7 Å². The maximum atomic E-state index is 10.8. The van der Waals surface area contributed by atoms with Gasteiger partial charge in [-0.1, -0.05) is 13.8 Å². The van der Waals surface area contributed by atoms with Crippen molar-refractivity contribution in [2.24, 2.45) is 5.41 Å². The highest BCUT2D eigenvalue weighted by atomic mass is 32.2. The number of carbonyl (C=O) groups is 1. The third-order valence-electron chi connectivity index (χ3n) is 3.23. The third-order valence-corrected chi connectivity index (χ3v) is 4.75. The average Bonchev–Trinajstić information content (AvgIpc) is 2.58. The van der Waals surface area contributed by atoms with E-state index in [9.17, 15) is 4.79 Å². The molecule has 1 spiro atoms. The van der Waals surface area contributed by atoms with E-state index in [1.165, 1.54) is 6.42 Å². The zero-order chi connectivity index (χ0) is 10.4. The Bertz CT molecular complexity index is 267. The van der Waals surface area contributed by atoms with Crippen LogP contribution in [0.1, 0.15) is 33.1 Å². The number of carboxylic acid groups (broad SMARTS) is 1. The summed E-state index contributed by atoms with van der Waals surface area (Å²) in [7, 11) is 0. The molecule has 1 saturated heterocycles. The molecule has 2 N–H and O–H groups in total. The van der Waals surface area contributed by atoms with E-state index >= 15 is 0 Å². The molecular weight excluding hydrogens is 198 g/mol. The second kappa shape index (κ2) is 3.14. The molecule has 2 unspecified atom stereocenters. The molecule has 0 radical (unpaired) electrons. The fourth-order valence-electron chi connectivity index (χ4n) is 2.51. The predicted molar refractivity (Wildman–Crippen MR) is 57.4 cm³/mol. The minimum absolute atomic E-state index is 0.0621. The molecule has 2 rings (SSSR count). The Morgan fingerprint density at radius 2 is 2.21 bits per heavy atom. The lowest BCUT2D eigenvalue weighted by molar-refractivity contribution is -0.138. The minimum atomic E-state index is -0.709. The van der Waals surface area contributed by atoms with Crippen molar-refractivity contribution in [3.05, 3.63) is 0 Å². The molecule has 0 aromatic heterocycles. The Hall–Kier alpha value is -0.220. The van der Waals surface area contributed by atoms with E-state index in [0.29, 0.717) is 11.2 Å². The van der Waals surface area contributed by atoms with Crippen molar-refractivity contribution in [1.29, 1.82) is 0 Å². The molecule has 0 aromatic rings. The van der Waals surface area contributed by atoms with E-state index in [0.717, 1.165) is 12.8 Å². The van der Waals surface area contributed by atoms with E-state index in [1.54, 1.807) is 11.8 Å². The van der Waals surface area contributed by atoms with Crippen LogP contribution in [0.4, 0.5) is 0 Å². The summed E-state index contributed by atoms with van der Waals surface area (Å²) in [6.45, 7) is 4.52. The van der Waals surface area contributed by atoms with Gasteiger partial charge in [0.1, 0.15) is 6.04 Å². The van der Waals surface area contributed by atoms with E-state index in [-0.39, 0.29) is 10.9 Å². The Morgan fingerprint density at radius 1 is 1.50 bits per heavy atom. The monoisotopic (exact) mass is 215 g/mol. The number of rotatable bonds is 1. The van der Waals surface area contributed by atoms with Gasteiger partial charge in [0, 0.05) is 5.75 Å². The topological polar surface area (TPSA) is 49.3 Å². The molecule has 14 heavy (non-hydrogen) atoms. The van der Waals surface area contributed by atoms with E-state index in [1.807, 2.05) is 0 Å². The van der Waals surface area contributed by atoms with Gasteiger partial charge in [0.15, 0.2) is 0 Å². The molecule has 0 aromatic carbocycles. The molecule has 3 nitrogen and oxygen atoms in total. The standard InChI is InChI=1S/C10H17NO2S/c1-9(2)3-4-10(6-9)11-7(5-14-10)8(12)13/h7,11H,3-6H2,1-2H3,(H,12,13). The lowest BCUT2D eigenvalue weighted by atomic mass is 9.91. The quantitative estimate of drug-likeness (QED) is 0.699. The largest absolute Gasteiger partial charge is 0.480 e. The lowest BCUT2D eigenvalue weighted by Crippen LogP contribution is -2.43. The summed E-state index contributed by atoms with van der Waals surface area (Å²) in [6.07, 6.45) is 3.39.